The first kappa shape index (κ1) is 11.3. The van der Waals surface area contributed by atoms with Gasteiger partial charge in [0.1, 0.15) is 17.7 Å². The fourth-order valence-corrected chi connectivity index (χ4v) is 1.85. The first-order valence-corrected chi connectivity index (χ1v) is 5.15. The number of rotatable bonds is 3. The molecule has 2 amide bonds. The number of urea groups is 1. The summed E-state index contributed by atoms with van der Waals surface area (Å²) in [6.07, 6.45) is 1.56. The van der Waals surface area contributed by atoms with E-state index < -0.39 is 17.9 Å². The van der Waals surface area contributed by atoms with Gasteiger partial charge in [-0.1, -0.05) is 24.3 Å². The van der Waals surface area contributed by atoms with Gasteiger partial charge in [-0.15, -0.1) is 6.58 Å². The summed E-state index contributed by atoms with van der Waals surface area (Å²) in [7, 11) is 0. The predicted molar refractivity (Wildman–Crippen MR) is 63.1 cm³/mol. The van der Waals surface area contributed by atoms with Crippen molar-refractivity contribution < 1.29 is 9.18 Å². The van der Waals surface area contributed by atoms with Gasteiger partial charge in [0.05, 0.1) is 0 Å². The second kappa shape index (κ2) is 4.37. The molecule has 17 heavy (non-hydrogen) atoms. The fraction of sp³-hybridized carbons (Fsp3) is 0.167. The molecular weight excluding hydrogens is 221 g/mol. The zero-order valence-electron chi connectivity index (χ0n) is 9.14. The molecule has 0 fully saturated rings. The van der Waals surface area contributed by atoms with Crippen LogP contribution >= 0.6 is 0 Å². The second-order valence-electron chi connectivity index (χ2n) is 3.68. The van der Waals surface area contributed by atoms with Crippen molar-refractivity contribution in [3.63, 3.8) is 0 Å². The van der Waals surface area contributed by atoms with Crippen molar-refractivity contribution in [2.75, 3.05) is 6.54 Å². The van der Waals surface area contributed by atoms with E-state index in [0.717, 1.165) is 0 Å². The number of carbonyl (C=O) groups excluding carboxylic acids is 1. The third kappa shape index (κ3) is 1.91. The Labute approximate surface area is 98.2 Å². The SMILES string of the molecule is C=CCN1C(=O)N=C(N)C1c1ccccc1F. The van der Waals surface area contributed by atoms with Gasteiger partial charge in [-0.3, -0.25) is 0 Å². The average molecular weight is 233 g/mol. The van der Waals surface area contributed by atoms with E-state index in [4.69, 9.17) is 5.73 Å². The van der Waals surface area contributed by atoms with Gasteiger partial charge in [0, 0.05) is 12.1 Å². The zero-order chi connectivity index (χ0) is 12.4. The summed E-state index contributed by atoms with van der Waals surface area (Å²) >= 11 is 0. The van der Waals surface area contributed by atoms with Gasteiger partial charge in [-0.25, -0.2) is 9.18 Å². The Bertz CT molecular complexity index is 498. The lowest BCUT2D eigenvalue weighted by atomic mass is 10.0. The molecule has 0 bridgehead atoms. The molecule has 1 unspecified atom stereocenters. The molecule has 0 radical (unpaired) electrons. The Kier molecular flexibility index (Phi) is 2.91. The van der Waals surface area contributed by atoms with Crippen LogP contribution in [-0.2, 0) is 0 Å². The predicted octanol–water partition coefficient (Wildman–Crippen LogP) is 1.85. The molecule has 5 heteroatoms. The first-order chi connectivity index (χ1) is 8.15. The Balaban J connectivity index is 2.42. The summed E-state index contributed by atoms with van der Waals surface area (Å²) in [6.45, 7) is 3.83. The van der Waals surface area contributed by atoms with E-state index in [-0.39, 0.29) is 12.4 Å². The Morgan fingerprint density at radius 1 is 1.53 bits per heavy atom. The summed E-state index contributed by atoms with van der Waals surface area (Å²) < 4.78 is 13.7. The molecule has 0 aromatic heterocycles. The van der Waals surface area contributed by atoms with Crippen molar-refractivity contribution in [3.05, 3.63) is 48.3 Å². The molecule has 1 aliphatic rings. The maximum absolute atomic E-state index is 13.7. The van der Waals surface area contributed by atoms with Crippen molar-refractivity contribution in [2.24, 2.45) is 10.7 Å². The summed E-state index contributed by atoms with van der Waals surface area (Å²) in [6, 6.07) is 5.10. The number of amidine groups is 1. The summed E-state index contributed by atoms with van der Waals surface area (Å²) in [5.41, 5.74) is 6.03. The number of hydrogen-bond donors (Lipinski definition) is 1. The van der Waals surface area contributed by atoms with Crippen LogP contribution in [0.4, 0.5) is 9.18 Å². The van der Waals surface area contributed by atoms with Crippen LogP contribution in [0.5, 0.6) is 0 Å². The highest BCUT2D eigenvalue weighted by molar-refractivity contribution is 6.03. The minimum Gasteiger partial charge on any atom is -0.385 e. The zero-order valence-corrected chi connectivity index (χ0v) is 9.14. The summed E-state index contributed by atoms with van der Waals surface area (Å²) in [5, 5.41) is 0. The Morgan fingerprint density at radius 2 is 2.24 bits per heavy atom. The van der Waals surface area contributed by atoms with Crippen molar-refractivity contribution in [1.29, 1.82) is 0 Å². The molecule has 0 saturated heterocycles. The molecule has 1 atom stereocenters. The van der Waals surface area contributed by atoms with Crippen LogP contribution in [0.1, 0.15) is 11.6 Å². The molecule has 1 aliphatic heterocycles. The second-order valence-corrected chi connectivity index (χ2v) is 3.68. The van der Waals surface area contributed by atoms with Gasteiger partial charge in [0.2, 0.25) is 0 Å². The lowest BCUT2D eigenvalue weighted by molar-refractivity contribution is 0.212. The molecule has 2 N–H and O–H groups in total. The lowest BCUT2D eigenvalue weighted by Gasteiger charge is -2.23. The van der Waals surface area contributed by atoms with Gasteiger partial charge in [0.15, 0.2) is 0 Å². The van der Waals surface area contributed by atoms with Crippen LogP contribution in [-0.4, -0.2) is 23.3 Å². The van der Waals surface area contributed by atoms with Gasteiger partial charge >= 0.3 is 6.03 Å². The van der Waals surface area contributed by atoms with Gasteiger partial charge in [0.25, 0.3) is 0 Å². The third-order valence-corrected chi connectivity index (χ3v) is 2.59. The standard InChI is InChI=1S/C12H12FN3O/c1-2-7-16-10(11(14)15-12(16)17)8-5-3-4-6-9(8)13/h2-6,10H,1,7H2,(H2,14,15,17). The van der Waals surface area contributed by atoms with Crippen molar-refractivity contribution in [2.45, 2.75) is 6.04 Å². The van der Waals surface area contributed by atoms with Crippen LogP contribution in [0.3, 0.4) is 0 Å². The molecule has 2 rings (SSSR count). The summed E-state index contributed by atoms with van der Waals surface area (Å²) in [4.78, 5) is 16.6. The van der Waals surface area contributed by atoms with E-state index in [1.54, 1.807) is 24.3 Å². The minimum atomic E-state index is -0.637. The third-order valence-electron chi connectivity index (χ3n) is 2.59. The van der Waals surface area contributed by atoms with Gasteiger partial charge in [-0.2, -0.15) is 4.99 Å². The monoisotopic (exact) mass is 233 g/mol. The van der Waals surface area contributed by atoms with Crippen LogP contribution in [0.15, 0.2) is 41.9 Å². The van der Waals surface area contributed by atoms with E-state index in [2.05, 4.69) is 11.6 Å². The first-order valence-electron chi connectivity index (χ1n) is 5.15. The Hall–Kier alpha value is -2.17. The van der Waals surface area contributed by atoms with E-state index in [0.29, 0.717) is 5.56 Å². The minimum absolute atomic E-state index is 0.113. The highest BCUT2D eigenvalue weighted by Gasteiger charge is 2.35. The van der Waals surface area contributed by atoms with Crippen LogP contribution < -0.4 is 5.73 Å². The molecule has 88 valence electrons. The van der Waals surface area contributed by atoms with Crippen molar-refractivity contribution >= 4 is 11.9 Å². The van der Waals surface area contributed by atoms with Gasteiger partial charge < -0.3 is 10.6 Å². The largest absolute Gasteiger partial charge is 0.385 e. The smallest absolute Gasteiger partial charge is 0.346 e. The van der Waals surface area contributed by atoms with E-state index in [1.807, 2.05) is 0 Å². The highest BCUT2D eigenvalue weighted by atomic mass is 19.1. The lowest BCUT2D eigenvalue weighted by Crippen LogP contribution is -2.34. The number of hydrogen-bond acceptors (Lipinski definition) is 2. The number of nitrogens with two attached hydrogens (primary N) is 1. The van der Waals surface area contributed by atoms with E-state index in [1.165, 1.54) is 11.0 Å². The topological polar surface area (TPSA) is 58.7 Å². The number of aliphatic imine (C=N–C) groups is 1. The number of nitrogens with zero attached hydrogens (tertiary/aromatic N) is 2. The average Bonchev–Trinajstić information content (AvgIpc) is 2.56. The molecule has 4 nitrogen and oxygen atoms in total. The fourth-order valence-electron chi connectivity index (χ4n) is 1.85. The normalized spacial score (nSPS) is 19.4. The molecule has 1 aromatic rings. The number of benzene rings is 1. The quantitative estimate of drug-likeness (QED) is 0.810. The Morgan fingerprint density at radius 3 is 2.88 bits per heavy atom. The molecular formula is C12H12FN3O. The molecule has 0 aliphatic carbocycles. The van der Waals surface area contributed by atoms with E-state index in [9.17, 15) is 9.18 Å². The van der Waals surface area contributed by atoms with Crippen LogP contribution in [0.2, 0.25) is 0 Å². The molecule has 1 heterocycles. The number of halogens is 1. The maximum atomic E-state index is 13.7. The van der Waals surface area contributed by atoms with Crippen molar-refractivity contribution in [3.8, 4) is 0 Å². The molecule has 1 aromatic carbocycles. The van der Waals surface area contributed by atoms with Crippen LogP contribution in [0.25, 0.3) is 0 Å². The number of carbonyl (C=O) groups is 1. The maximum Gasteiger partial charge on any atom is 0.346 e. The number of amides is 2. The molecule has 0 spiro atoms. The summed E-state index contributed by atoms with van der Waals surface area (Å²) in [5.74, 6) is -0.290. The van der Waals surface area contributed by atoms with Crippen LogP contribution in [0, 0.1) is 5.82 Å². The molecule has 0 saturated carbocycles. The van der Waals surface area contributed by atoms with Crippen molar-refractivity contribution in [1.82, 2.24) is 4.90 Å². The van der Waals surface area contributed by atoms with Gasteiger partial charge in [-0.05, 0) is 6.07 Å². The van der Waals surface area contributed by atoms with E-state index >= 15 is 0 Å². The highest BCUT2D eigenvalue weighted by Crippen LogP contribution is 2.28.